The van der Waals surface area contributed by atoms with E-state index in [1.807, 2.05) is 36.8 Å². The summed E-state index contributed by atoms with van der Waals surface area (Å²) in [6.07, 6.45) is 5.56. The Bertz CT molecular complexity index is 2210. The van der Waals surface area contributed by atoms with Crippen molar-refractivity contribution >= 4 is 85.3 Å². The second kappa shape index (κ2) is 7.44. The molecule has 9 aromatic rings. The van der Waals surface area contributed by atoms with Crippen LogP contribution in [0.1, 0.15) is 0 Å². The van der Waals surface area contributed by atoms with E-state index in [1.165, 1.54) is 25.6 Å². The molecule has 178 valence electrons. The Morgan fingerprint density at radius 3 is 1.76 bits per heavy atom. The standard InChI is InChI=1S/C30H16N6S2/c1-3-11-21-17(7-1)24-26-19(9-5-14-31-26)35(28(24)37-21)23-13-16-33-30(34-23)36-20-10-6-15-32-27(20)25-18-8-2-4-12-22(18)38-29(25)36/h1-16H. The molecule has 0 unspecified atom stereocenters. The fraction of sp³-hybridized carbons (Fsp3) is 0. The molecule has 0 aliphatic heterocycles. The van der Waals surface area contributed by atoms with Crippen molar-refractivity contribution in [3.8, 4) is 11.8 Å². The van der Waals surface area contributed by atoms with Crippen molar-refractivity contribution in [3.63, 3.8) is 0 Å². The molecule has 0 N–H and O–H groups in total. The minimum absolute atomic E-state index is 0.627. The van der Waals surface area contributed by atoms with Gasteiger partial charge < -0.3 is 0 Å². The Labute approximate surface area is 223 Å². The van der Waals surface area contributed by atoms with Gasteiger partial charge in [0.05, 0.1) is 22.1 Å². The molecule has 38 heavy (non-hydrogen) atoms. The number of hydrogen-bond donors (Lipinski definition) is 0. The van der Waals surface area contributed by atoms with Crippen molar-refractivity contribution in [1.29, 1.82) is 0 Å². The zero-order chi connectivity index (χ0) is 24.8. The topological polar surface area (TPSA) is 61.4 Å². The van der Waals surface area contributed by atoms with E-state index in [2.05, 4.69) is 69.8 Å². The molecule has 0 saturated heterocycles. The minimum atomic E-state index is 0.627. The summed E-state index contributed by atoms with van der Waals surface area (Å²) in [6.45, 7) is 0. The van der Waals surface area contributed by atoms with Gasteiger partial charge in [-0.3, -0.25) is 19.1 Å². The van der Waals surface area contributed by atoms with Crippen LogP contribution in [0.15, 0.2) is 97.5 Å². The molecule has 0 spiro atoms. The summed E-state index contributed by atoms with van der Waals surface area (Å²) in [7, 11) is 0. The summed E-state index contributed by atoms with van der Waals surface area (Å²) in [4.78, 5) is 21.7. The quantitative estimate of drug-likeness (QED) is 0.231. The number of fused-ring (bicyclic) bond motifs is 10. The monoisotopic (exact) mass is 524 g/mol. The Morgan fingerprint density at radius 1 is 0.526 bits per heavy atom. The molecule has 6 nitrogen and oxygen atoms in total. The van der Waals surface area contributed by atoms with Crippen molar-refractivity contribution in [3.05, 3.63) is 97.5 Å². The van der Waals surface area contributed by atoms with Crippen LogP contribution in [0, 0.1) is 0 Å². The van der Waals surface area contributed by atoms with E-state index in [9.17, 15) is 0 Å². The lowest BCUT2D eigenvalue weighted by Crippen LogP contribution is -2.04. The third kappa shape index (κ3) is 2.60. The number of benzene rings is 2. The molecule has 0 bridgehead atoms. The molecular weight excluding hydrogens is 509 g/mol. The molecule has 0 aliphatic rings. The largest absolute Gasteiger partial charge is 0.283 e. The van der Waals surface area contributed by atoms with Crippen LogP contribution in [0.2, 0.25) is 0 Å². The van der Waals surface area contributed by atoms with Crippen LogP contribution in [0.25, 0.3) is 74.4 Å². The van der Waals surface area contributed by atoms with Crippen molar-refractivity contribution in [1.82, 2.24) is 29.1 Å². The summed E-state index contributed by atoms with van der Waals surface area (Å²) in [5, 5.41) is 4.75. The Kier molecular flexibility index (Phi) is 3.99. The summed E-state index contributed by atoms with van der Waals surface area (Å²) < 4.78 is 6.84. The van der Waals surface area contributed by atoms with E-state index < -0.39 is 0 Å². The molecule has 0 aliphatic carbocycles. The molecule has 7 heterocycles. The maximum atomic E-state index is 5.17. The second-order valence-electron chi connectivity index (χ2n) is 9.18. The first-order valence-corrected chi connectivity index (χ1v) is 13.9. The van der Waals surface area contributed by atoms with Gasteiger partial charge in [-0.25, -0.2) is 4.98 Å². The van der Waals surface area contributed by atoms with Gasteiger partial charge in [0.25, 0.3) is 0 Å². The number of hydrogen-bond acceptors (Lipinski definition) is 6. The Morgan fingerprint density at radius 2 is 1.11 bits per heavy atom. The van der Waals surface area contributed by atoms with E-state index >= 15 is 0 Å². The van der Waals surface area contributed by atoms with Crippen LogP contribution in [0.3, 0.4) is 0 Å². The molecule has 0 atom stereocenters. The van der Waals surface area contributed by atoms with E-state index in [-0.39, 0.29) is 0 Å². The molecule has 2 aromatic carbocycles. The van der Waals surface area contributed by atoms with Crippen LogP contribution < -0.4 is 0 Å². The molecule has 8 heteroatoms. The number of rotatable bonds is 2. The summed E-state index contributed by atoms with van der Waals surface area (Å²) in [6, 6.07) is 27.2. The number of pyridine rings is 2. The first-order chi connectivity index (χ1) is 18.9. The molecule has 0 radical (unpaired) electrons. The van der Waals surface area contributed by atoms with Crippen LogP contribution >= 0.6 is 22.7 Å². The van der Waals surface area contributed by atoms with Crippen molar-refractivity contribution < 1.29 is 0 Å². The zero-order valence-corrected chi connectivity index (χ0v) is 21.4. The molecule has 0 saturated carbocycles. The Hall–Kier alpha value is -4.66. The van der Waals surface area contributed by atoms with Crippen LogP contribution in [-0.4, -0.2) is 29.1 Å². The average molecular weight is 525 g/mol. The maximum absolute atomic E-state index is 5.17. The molecule has 9 rings (SSSR count). The summed E-state index contributed by atoms with van der Waals surface area (Å²) in [5.74, 6) is 1.44. The molecule has 0 amide bonds. The maximum Gasteiger partial charge on any atom is 0.237 e. The van der Waals surface area contributed by atoms with E-state index in [0.29, 0.717) is 5.95 Å². The molecule has 0 fully saturated rings. The highest BCUT2D eigenvalue weighted by Gasteiger charge is 2.22. The van der Waals surface area contributed by atoms with Gasteiger partial charge in [-0.2, -0.15) is 4.98 Å². The first kappa shape index (κ1) is 20.4. The van der Waals surface area contributed by atoms with Gasteiger partial charge in [0.2, 0.25) is 5.95 Å². The Balaban J connectivity index is 1.37. The van der Waals surface area contributed by atoms with E-state index in [4.69, 9.17) is 19.9 Å². The van der Waals surface area contributed by atoms with Gasteiger partial charge in [-0.15, -0.1) is 22.7 Å². The van der Waals surface area contributed by atoms with E-state index in [1.54, 1.807) is 22.7 Å². The third-order valence-electron chi connectivity index (χ3n) is 7.15. The zero-order valence-electron chi connectivity index (χ0n) is 19.7. The highest BCUT2D eigenvalue weighted by atomic mass is 32.1. The van der Waals surface area contributed by atoms with E-state index in [0.717, 1.165) is 42.9 Å². The fourth-order valence-electron chi connectivity index (χ4n) is 5.59. The molecule has 7 aromatic heterocycles. The third-order valence-corrected chi connectivity index (χ3v) is 9.46. The van der Waals surface area contributed by atoms with Crippen LogP contribution in [-0.2, 0) is 0 Å². The summed E-state index contributed by atoms with van der Waals surface area (Å²) in [5.41, 5.74) is 4.00. The lowest BCUT2D eigenvalue weighted by Gasteiger charge is -2.09. The second-order valence-corrected chi connectivity index (χ2v) is 11.2. The van der Waals surface area contributed by atoms with Gasteiger partial charge >= 0.3 is 0 Å². The average Bonchev–Trinajstić information content (AvgIpc) is 3.69. The predicted molar refractivity (Wildman–Crippen MR) is 157 cm³/mol. The fourth-order valence-corrected chi connectivity index (χ4v) is 8.04. The number of aromatic nitrogens is 6. The lowest BCUT2D eigenvalue weighted by molar-refractivity contribution is 0.953. The number of nitrogens with zero attached hydrogens (tertiary/aromatic N) is 6. The van der Waals surface area contributed by atoms with Gasteiger partial charge in [-0.1, -0.05) is 36.4 Å². The van der Waals surface area contributed by atoms with Crippen molar-refractivity contribution in [2.24, 2.45) is 0 Å². The molecular formula is C30H16N6S2. The smallest absolute Gasteiger partial charge is 0.237 e. The van der Waals surface area contributed by atoms with Gasteiger partial charge in [0.1, 0.15) is 15.5 Å². The van der Waals surface area contributed by atoms with Crippen LogP contribution in [0.5, 0.6) is 0 Å². The van der Waals surface area contributed by atoms with Gasteiger partial charge in [-0.05, 0) is 42.5 Å². The first-order valence-electron chi connectivity index (χ1n) is 12.2. The minimum Gasteiger partial charge on any atom is -0.283 e. The highest BCUT2D eigenvalue weighted by molar-refractivity contribution is 7.26. The predicted octanol–water partition coefficient (Wildman–Crippen LogP) is 7.89. The lowest BCUT2D eigenvalue weighted by atomic mass is 10.2. The van der Waals surface area contributed by atoms with Gasteiger partial charge in [0.15, 0.2) is 0 Å². The summed E-state index contributed by atoms with van der Waals surface area (Å²) >= 11 is 3.52. The SMILES string of the molecule is c1ccc2c(c1)sc1c2c2ncccc2n1-c1ccnc(-n2c3cccnc3c3c4ccccc4sc32)n1. The van der Waals surface area contributed by atoms with Crippen molar-refractivity contribution in [2.75, 3.05) is 0 Å². The van der Waals surface area contributed by atoms with Crippen molar-refractivity contribution in [2.45, 2.75) is 0 Å². The number of thiophene rings is 2. The van der Waals surface area contributed by atoms with Crippen LogP contribution in [0.4, 0.5) is 0 Å². The normalized spacial score (nSPS) is 12.2. The highest BCUT2D eigenvalue weighted by Crippen LogP contribution is 2.42. The van der Waals surface area contributed by atoms with Gasteiger partial charge in [0, 0.05) is 49.5 Å².